The molecule has 0 aromatic heterocycles. The molecule has 91 heavy (non-hydrogen) atoms. The number of nitrogens with one attached hydrogen (secondary N) is 5. The number of hydrogen-bond donors (Lipinski definition) is 27. The van der Waals surface area contributed by atoms with Crippen molar-refractivity contribution in [2.75, 3.05) is 39.5 Å². The van der Waals surface area contributed by atoms with E-state index in [-0.39, 0.29) is 51.1 Å². The van der Waals surface area contributed by atoms with E-state index >= 15 is 0 Å². The van der Waals surface area contributed by atoms with Gasteiger partial charge >= 0.3 is 0 Å². The first-order valence-corrected chi connectivity index (χ1v) is 30.8. The lowest BCUT2D eigenvalue weighted by molar-refractivity contribution is -0.313. The van der Waals surface area contributed by atoms with Crippen LogP contribution in [-0.2, 0) is 37.9 Å². The third kappa shape index (κ3) is 20.5. The van der Waals surface area contributed by atoms with Crippen LogP contribution < -0.4 is 50.8 Å². The molecule has 4 aliphatic heterocycles. The number of hydrogen-bond acceptors (Lipinski definition) is 33. The zero-order valence-electron chi connectivity index (χ0n) is 52.2. The summed E-state index contributed by atoms with van der Waals surface area (Å²) in [6.07, 6.45) is -26.2. The predicted octanol–water partition coefficient (Wildman–Crippen LogP) is -10.6. The Balaban J connectivity index is 0.000000331. The molecular formula is C55H107N13O23. The molecule has 20 unspecified atom stereocenters. The van der Waals surface area contributed by atoms with Crippen LogP contribution in [0.25, 0.3) is 0 Å². The Bertz CT molecular complexity index is 2300. The van der Waals surface area contributed by atoms with Gasteiger partial charge in [0.2, 0.25) is 0 Å². The summed E-state index contributed by atoms with van der Waals surface area (Å²) < 4.78 is 47.8. The summed E-state index contributed by atoms with van der Waals surface area (Å²) in [6.45, 7) is 6.12. The molecule has 0 aromatic carbocycles. The van der Waals surface area contributed by atoms with Crippen LogP contribution in [0.15, 0.2) is 4.99 Å². The van der Waals surface area contributed by atoms with Crippen LogP contribution in [0.5, 0.6) is 0 Å². The van der Waals surface area contributed by atoms with Gasteiger partial charge in [0.1, 0.15) is 109 Å². The van der Waals surface area contributed by atoms with Crippen LogP contribution in [0.2, 0.25) is 0 Å². The Morgan fingerprint density at radius 1 is 0.593 bits per heavy atom. The number of aliphatic imine (C=N–C) groups is 1. The Kier molecular flexibility index (Phi) is 30.0. The number of amidine groups is 3. The molecule has 0 bridgehead atoms. The summed E-state index contributed by atoms with van der Waals surface area (Å²) in [6, 6.07) is -5.43. The first-order chi connectivity index (χ1) is 42.5. The van der Waals surface area contributed by atoms with Crippen molar-refractivity contribution in [2.45, 2.75) is 268 Å². The first-order valence-electron chi connectivity index (χ1n) is 30.8. The number of rotatable bonds is 26. The summed E-state index contributed by atoms with van der Waals surface area (Å²) in [4.78, 5) is 4.26. The van der Waals surface area contributed by atoms with Crippen molar-refractivity contribution in [1.29, 1.82) is 16.2 Å². The maximum Gasteiger partial charge on any atom is 0.184 e. The van der Waals surface area contributed by atoms with Gasteiger partial charge in [-0.1, -0.05) is 13.8 Å². The second-order valence-electron chi connectivity index (χ2n) is 25.6. The van der Waals surface area contributed by atoms with Crippen molar-refractivity contribution < 1.29 is 114 Å². The zero-order valence-corrected chi connectivity index (χ0v) is 52.2. The van der Waals surface area contributed by atoms with E-state index < -0.39 is 213 Å². The maximum atomic E-state index is 11.6. The number of aliphatic hydroxyl groups excluding tert-OH is 13. The minimum atomic E-state index is -2.08. The summed E-state index contributed by atoms with van der Waals surface area (Å²) >= 11 is 0. The van der Waals surface area contributed by atoms with E-state index in [0.29, 0.717) is 44.2 Å². The lowest BCUT2D eigenvalue weighted by atomic mass is 9.82. The molecular weight excluding hydrogens is 1210 g/mol. The summed E-state index contributed by atoms with van der Waals surface area (Å²) in [5.41, 5.74) is 40.3. The molecule has 34 N–H and O–H groups in total. The number of ether oxygens (including phenoxy) is 8. The standard InChI is InChI=1S/C28H55N7O12.C27H52N6O11/c1-10-17(38)27(44-9-28(10,3)43)47-23-15(35-25(33)20(41)19(40)18(39)16(37)8-36)6-14(31)22(21(23)42)46-26-13(30)5-4-12(45-26)7-34-24(32)11(2)29;1-11-18(36)26(41-10-27(11,2)40)44-23-16(33-24(32)20(38)19(37)17(35)9-34)7-15(31)22(21(23)39)43-25-14(30)6-5-13(42-25)4-3-12(29)8-28/h10-23,26-27,36-43H,4-9,29-31H2,1-3H3,(H2,32,34)(H2,33,35);11,13-23,25-26,29,34-40H,3-10,28,30-31H2,1-2H3,(H2,32,33)/t10-,11?,12+,13?,14+,15-,16?,17?,18?,19?,20?,21?,22?,23?,26-,27-,28?;11-,13-,14?,15+,16-,17?,18?,19?,20?,21?,22?,23?,25-,26-,27?/m11/s1. The van der Waals surface area contributed by atoms with Crippen molar-refractivity contribution >= 4 is 23.2 Å². The van der Waals surface area contributed by atoms with Crippen LogP contribution in [0.4, 0.5) is 0 Å². The third-order valence-corrected chi connectivity index (χ3v) is 18.2. The van der Waals surface area contributed by atoms with Crippen molar-refractivity contribution in [1.82, 2.24) is 10.6 Å². The number of nitrogens with two attached hydrogens (primary N) is 7. The van der Waals surface area contributed by atoms with E-state index in [9.17, 15) is 66.4 Å². The van der Waals surface area contributed by atoms with Gasteiger partial charge in [-0.2, -0.15) is 0 Å². The zero-order chi connectivity index (χ0) is 68.3. The Hall–Kier alpha value is -3.08. The molecule has 0 amide bonds. The molecule has 0 spiro atoms. The smallest absolute Gasteiger partial charge is 0.184 e. The second-order valence-corrected chi connectivity index (χ2v) is 25.6. The average molecular weight is 1320 g/mol. The van der Waals surface area contributed by atoms with Gasteiger partial charge in [0.05, 0.1) is 86.6 Å². The molecule has 0 radical (unpaired) electrons. The lowest BCUT2D eigenvalue weighted by Gasteiger charge is -2.49. The molecule has 36 heteroatoms. The number of nitrogens with zero attached hydrogens (tertiary/aromatic N) is 1. The van der Waals surface area contributed by atoms with Gasteiger partial charge in [0, 0.05) is 36.2 Å². The van der Waals surface area contributed by atoms with Gasteiger partial charge in [-0.15, -0.1) is 0 Å². The van der Waals surface area contributed by atoms with Gasteiger partial charge in [0.15, 0.2) is 25.2 Å². The molecule has 6 aliphatic rings. The second kappa shape index (κ2) is 34.7. The number of aliphatic hydroxyl groups is 15. The first kappa shape index (κ1) is 78.6. The van der Waals surface area contributed by atoms with Gasteiger partial charge in [0.25, 0.3) is 0 Å². The van der Waals surface area contributed by atoms with Crippen LogP contribution >= 0.6 is 0 Å². The fourth-order valence-electron chi connectivity index (χ4n) is 11.4. The minimum absolute atomic E-state index is 0.00469. The van der Waals surface area contributed by atoms with E-state index in [2.05, 4.69) is 15.6 Å². The highest BCUT2D eigenvalue weighted by Gasteiger charge is 2.54. The highest BCUT2D eigenvalue weighted by Crippen LogP contribution is 2.37. The Labute approximate surface area is 528 Å². The quantitative estimate of drug-likeness (QED) is 0.0282. The van der Waals surface area contributed by atoms with Crippen molar-refractivity contribution in [2.24, 2.45) is 57.0 Å². The predicted molar refractivity (Wildman–Crippen MR) is 321 cm³/mol. The monoisotopic (exact) mass is 1320 g/mol. The molecule has 530 valence electrons. The van der Waals surface area contributed by atoms with Crippen LogP contribution in [0.1, 0.15) is 86.0 Å². The van der Waals surface area contributed by atoms with Crippen molar-refractivity contribution in [3.8, 4) is 0 Å². The van der Waals surface area contributed by atoms with Crippen LogP contribution in [-0.4, -0.2) is 322 Å². The average Bonchev–Trinajstić information content (AvgIpc) is 0.836. The van der Waals surface area contributed by atoms with Crippen molar-refractivity contribution in [3.05, 3.63) is 0 Å². The normalized spacial score (nSPS) is 41.8. The third-order valence-electron chi connectivity index (χ3n) is 18.2. The Morgan fingerprint density at radius 2 is 0.989 bits per heavy atom. The fourth-order valence-corrected chi connectivity index (χ4v) is 11.4. The molecule has 6 fully saturated rings. The molecule has 4 heterocycles. The molecule has 2 aliphatic carbocycles. The topological polar surface area (TPSA) is 667 Å². The van der Waals surface area contributed by atoms with E-state index in [1.54, 1.807) is 20.8 Å². The van der Waals surface area contributed by atoms with E-state index in [1.807, 2.05) is 0 Å². The Morgan fingerprint density at radius 3 is 1.41 bits per heavy atom. The van der Waals surface area contributed by atoms with Gasteiger partial charge < -0.3 is 171 Å². The molecule has 2 saturated carbocycles. The minimum Gasteiger partial charge on any atom is -0.394 e. The fraction of sp³-hybridized carbons (Fsp3) is 0.927. The van der Waals surface area contributed by atoms with Crippen LogP contribution in [0, 0.1) is 28.1 Å². The molecule has 6 rings (SSSR count). The lowest BCUT2D eigenvalue weighted by Crippen LogP contribution is -2.68. The van der Waals surface area contributed by atoms with Crippen LogP contribution in [0.3, 0.4) is 0 Å². The molecule has 36 nitrogen and oxygen atoms in total. The van der Waals surface area contributed by atoms with Gasteiger partial charge in [-0.25, -0.2) is 0 Å². The summed E-state index contributed by atoms with van der Waals surface area (Å²) in [5, 5.41) is 185. The maximum absolute atomic E-state index is 11.6. The highest BCUT2D eigenvalue weighted by atomic mass is 16.7. The molecule has 0 aromatic rings. The van der Waals surface area contributed by atoms with E-state index in [4.69, 9.17) is 104 Å². The largest absolute Gasteiger partial charge is 0.394 e. The summed E-state index contributed by atoms with van der Waals surface area (Å²) in [7, 11) is 0. The van der Waals surface area contributed by atoms with Crippen molar-refractivity contribution in [3.63, 3.8) is 0 Å². The molecule has 32 atom stereocenters. The van der Waals surface area contributed by atoms with Gasteiger partial charge in [-0.3, -0.25) is 15.8 Å². The van der Waals surface area contributed by atoms with E-state index in [1.165, 1.54) is 13.8 Å². The molecule has 4 saturated heterocycles. The SMILES string of the molecule is CC(N)C(N)=NC[C@@H]1CCC(N)[C@@H](OC2C(O)C(O[C@H]3OCC(C)(O)[C@H](C)C3O)[C@H](NC(=N)C(O)C(O)C(O)C(O)CO)C[C@@H]2N)O1.C[C@@H]1C(O)[C@@H](OC2C(O)C(O[C@H]3O[C@H](CCC(=N)CN)CCC3N)[C@@H](N)C[C@H]2NC(=N)C(O)C(O)C(O)CO)OCC1(C)O. The van der Waals surface area contributed by atoms with E-state index in [0.717, 1.165) is 0 Å². The highest BCUT2D eigenvalue weighted by molar-refractivity contribution is 5.85. The summed E-state index contributed by atoms with van der Waals surface area (Å²) in [5.74, 6) is -2.50. The van der Waals surface area contributed by atoms with Gasteiger partial charge in [-0.05, 0) is 72.1 Å².